The molecule has 0 unspecified atom stereocenters. The van der Waals surface area contributed by atoms with E-state index < -0.39 is 0 Å². The first-order valence-electron chi connectivity index (χ1n) is 7.19. The zero-order chi connectivity index (χ0) is 13.9. The van der Waals surface area contributed by atoms with E-state index in [0.717, 1.165) is 34.6 Å². The van der Waals surface area contributed by atoms with Crippen molar-refractivity contribution >= 4 is 11.3 Å². The fourth-order valence-electron chi connectivity index (χ4n) is 2.16. The summed E-state index contributed by atoms with van der Waals surface area (Å²) in [6.45, 7) is 5.71. The fourth-order valence-corrected chi connectivity index (χ4v) is 3.20. The van der Waals surface area contributed by atoms with Gasteiger partial charge in [0.05, 0.1) is 17.9 Å². The molecule has 1 aliphatic carbocycles. The third-order valence-electron chi connectivity index (χ3n) is 3.44. The van der Waals surface area contributed by atoms with Gasteiger partial charge in [-0.05, 0) is 38.8 Å². The predicted octanol–water partition coefficient (Wildman–Crippen LogP) is 3.77. The highest BCUT2D eigenvalue weighted by Gasteiger charge is 2.21. The molecule has 0 atom stereocenters. The van der Waals surface area contributed by atoms with Crippen molar-refractivity contribution in [2.75, 3.05) is 6.61 Å². The minimum Gasteiger partial charge on any atom is -0.493 e. The molecule has 1 aliphatic rings. The molecule has 0 aliphatic heterocycles. The molecule has 4 heteroatoms. The van der Waals surface area contributed by atoms with Gasteiger partial charge in [0, 0.05) is 17.5 Å². The molecule has 1 N–H and O–H groups in total. The number of hydrogen-bond donors (Lipinski definition) is 1. The Labute approximate surface area is 124 Å². The molecule has 0 amide bonds. The lowest BCUT2D eigenvalue weighted by Crippen LogP contribution is -2.14. The Balaban J connectivity index is 1.84. The summed E-state index contributed by atoms with van der Waals surface area (Å²) in [6.07, 6.45) is 2.63. The number of para-hydroxylation sites is 1. The van der Waals surface area contributed by atoms with Crippen LogP contribution in [0.3, 0.4) is 0 Å². The fraction of sp³-hybridized carbons (Fsp3) is 0.438. The molecule has 0 bridgehead atoms. The van der Waals surface area contributed by atoms with Crippen LogP contribution in [0.15, 0.2) is 24.3 Å². The summed E-state index contributed by atoms with van der Waals surface area (Å²) in [4.78, 5) is 6.05. The van der Waals surface area contributed by atoms with Gasteiger partial charge in [0.25, 0.3) is 0 Å². The molecule has 1 fully saturated rings. The topological polar surface area (TPSA) is 34.1 Å². The number of nitrogens with zero attached hydrogens (tertiary/aromatic N) is 1. The van der Waals surface area contributed by atoms with Crippen LogP contribution in [0.4, 0.5) is 0 Å². The molecule has 0 saturated heterocycles. The normalized spacial score (nSPS) is 14.5. The number of aryl methyl sites for hydroxylation is 1. The molecule has 20 heavy (non-hydrogen) atoms. The Morgan fingerprint density at radius 2 is 2.15 bits per heavy atom. The van der Waals surface area contributed by atoms with E-state index in [-0.39, 0.29) is 0 Å². The van der Waals surface area contributed by atoms with E-state index in [1.807, 2.05) is 25.1 Å². The predicted molar refractivity (Wildman–Crippen MR) is 83.3 cm³/mol. The van der Waals surface area contributed by atoms with Gasteiger partial charge >= 0.3 is 0 Å². The van der Waals surface area contributed by atoms with Gasteiger partial charge in [0.2, 0.25) is 0 Å². The second kappa shape index (κ2) is 5.94. The molecule has 0 radical (unpaired) electrons. The molecular weight excluding hydrogens is 268 g/mol. The molecule has 0 spiro atoms. The van der Waals surface area contributed by atoms with E-state index in [0.29, 0.717) is 6.61 Å². The van der Waals surface area contributed by atoms with Crippen molar-refractivity contribution in [1.29, 1.82) is 0 Å². The first-order chi connectivity index (χ1) is 9.78. The minimum absolute atomic E-state index is 0.678. The maximum atomic E-state index is 5.70. The first kappa shape index (κ1) is 13.6. The number of hydrogen-bond acceptors (Lipinski definition) is 4. The van der Waals surface area contributed by atoms with Crippen LogP contribution in [-0.2, 0) is 6.54 Å². The molecule has 3 nitrogen and oxygen atoms in total. The van der Waals surface area contributed by atoms with Crippen LogP contribution in [0.5, 0.6) is 5.75 Å². The lowest BCUT2D eigenvalue weighted by Gasteiger charge is -2.07. The summed E-state index contributed by atoms with van der Waals surface area (Å²) in [5.41, 5.74) is 2.23. The van der Waals surface area contributed by atoms with E-state index in [9.17, 15) is 0 Å². The quantitative estimate of drug-likeness (QED) is 0.878. The molecule has 1 heterocycles. The average molecular weight is 288 g/mol. The van der Waals surface area contributed by atoms with E-state index >= 15 is 0 Å². The smallest absolute Gasteiger partial charge is 0.129 e. The number of rotatable bonds is 6. The van der Waals surface area contributed by atoms with Gasteiger partial charge in [-0.2, -0.15) is 0 Å². The second-order valence-electron chi connectivity index (χ2n) is 5.11. The zero-order valence-corrected chi connectivity index (χ0v) is 12.8. The third-order valence-corrected chi connectivity index (χ3v) is 4.63. The lowest BCUT2D eigenvalue weighted by atomic mass is 10.2. The Morgan fingerprint density at radius 1 is 1.35 bits per heavy atom. The Hall–Kier alpha value is -1.39. The first-order valence-corrected chi connectivity index (χ1v) is 8.01. The Bertz CT molecular complexity index is 590. The number of nitrogens with one attached hydrogen (secondary N) is 1. The lowest BCUT2D eigenvalue weighted by molar-refractivity contribution is 0.341. The SMILES string of the molecule is CCOc1ccccc1-c1nc(C)c(CNC2CC2)s1. The van der Waals surface area contributed by atoms with Crippen molar-refractivity contribution in [2.45, 2.75) is 39.3 Å². The molecular formula is C16H20N2OS. The van der Waals surface area contributed by atoms with Crippen LogP contribution in [0.2, 0.25) is 0 Å². The van der Waals surface area contributed by atoms with Gasteiger partial charge in [0.15, 0.2) is 0 Å². The van der Waals surface area contributed by atoms with Crippen LogP contribution in [0.25, 0.3) is 10.6 Å². The maximum Gasteiger partial charge on any atom is 0.129 e. The zero-order valence-electron chi connectivity index (χ0n) is 12.0. The second-order valence-corrected chi connectivity index (χ2v) is 6.20. The summed E-state index contributed by atoms with van der Waals surface area (Å²) >= 11 is 1.77. The largest absolute Gasteiger partial charge is 0.493 e. The van der Waals surface area contributed by atoms with Crippen molar-refractivity contribution in [3.63, 3.8) is 0 Å². The summed E-state index contributed by atoms with van der Waals surface area (Å²) in [5, 5.41) is 4.61. The van der Waals surface area contributed by atoms with Crippen molar-refractivity contribution in [3.05, 3.63) is 34.8 Å². The van der Waals surface area contributed by atoms with E-state index in [4.69, 9.17) is 9.72 Å². The highest BCUT2D eigenvalue weighted by molar-refractivity contribution is 7.15. The van der Waals surface area contributed by atoms with Crippen molar-refractivity contribution in [1.82, 2.24) is 10.3 Å². The van der Waals surface area contributed by atoms with Gasteiger partial charge in [0.1, 0.15) is 10.8 Å². The van der Waals surface area contributed by atoms with E-state index in [1.165, 1.54) is 17.7 Å². The average Bonchev–Trinajstić information content (AvgIpc) is 3.21. The van der Waals surface area contributed by atoms with Crippen molar-refractivity contribution in [3.8, 4) is 16.3 Å². The molecule has 1 saturated carbocycles. The monoisotopic (exact) mass is 288 g/mol. The van der Waals surface area contributed by atoms with Gasteiger partial charge in [-0.1, -0.05) is 12.1 Å². The molecule has 2 aromatic rings. The highest BCUT2D eigenvalue weighted by Crippen LogP contribution is 2.34. The summed E-state index contributed by atoms with van der Waals surface area (Å²) in [6, 6.07) is 8.87. The Kier molecular flexibility index (Phi) is 4.03. The van der Waals surface area contributed by atoms with Crippen LogP contribution >= 0.6 is 11.3 Å². The summed E-state index contributed by atoms with van der Waals surface area (Å²) < 4.78 is 5.70. The van der Waals surface area contributed by atoms with Gasteiger partial charge in [-0.15, -0.1) is 11.3 Å². The molecule has 1 aromatic carbocycles. The van der Waals surface area contributed by atoms with Gasteiger partial charge in [-0.3, -0.25) is 0 Å². The highest BCUT2D eigenvalue weighted by atomic mass is 32.1. The minimum atomic E-state index is 0.678. The number of benzene rings is 1. The molecule has 106 valence electrons. The maximum absolute atomic E-state index is 5.70. The van der Waals surface area contributed by atoms with Crippen LogP contribution in [0.1, 0.15) is 30.3 Å². The number of aromatic nitrogens is 1. The third kappa shape index (κ3) is 3.02. The van der Waals surface area contributed by atoms with Crippen molar-refractivity contribution < 1.29 is 4.74 Å². The standard InChI is InChI=1S/C16H20N2OS/c1-3-19-14-7-5-4-6-13(14)16-18-11(2)15(20-16)10-17-12-8-9-12/h4-7,12,17H,3,8-10H2,1-2H3. The molecule has 1 aromatic heterocycles. The van der Waals surface area contributed by atoms with Crippen LogP contribution < -0.4 is 10.1 Å². The Morgan fingerprint density at radius 3 is 2.90 bits per heavy atom. The van der Waals surface area contributed by atoms with Crippen LogP contribution in [0, 0.1) is 6.92 Å². The summed E-state index contributed by atoms with van der Waals surface area (Å²) in [7, 11) is 0. The van der Waals surface area contributed by atoms with Gasteiger partial charge < -0.3 is 10.1 Å². The van der Waals surface area contributed by atoms with E-state index in [2.05, 4.69) is 18.3 Å². The van der Waals surface area contributed by atoms with Gasteiger partial charge in [-0.25, -0.2) is 4.98 Å². The summed E-state index contributed by atoms with van der Waals surface area (Å²) in [5.74, 6) is 0.922. The number of thiazole rings is 1. The number of ether oxygens (including phenoxy) is 1. The molecule has 3 rings (SSSR count). The van der Waals surface area contributed by atoms with Crippen LogP contribution in [-0.4, -0.2) is 17.6 Å². The van der Waals surface area contributed by atoms with E-state index in [1.54, 1.807) is 11.3 Å². The van der Waals surface area contributed by atoms with Crippen molar-refractivity contribution in [2.24, 2.45) is 0 Å².